The van der Waals surface area contributed by atoms with Gasteiger partial charge in [-0.1, -0.05) is 11.6 Å². The summed E-state index contributed by atoms with van der Waals surface area (Å²) in [5, 5.41) is 2.64. The molecule has 0 spiro atoms. The fourth-order valence-corrected chi connectivity index (χ4v) is 2.78. The van der Waals surface area contributed by atoms with Crippen LogP contribution in [0.25, 0.3) is 0 Å². The Hall–Kier alpha value is -2.87. The molecular weight excluding hydrogens is 363 g/mol. The highest BCUT2D eigenvalue weighted by Gasteiger charge is 2.25. The molecule has 26 heavy (non-hydrogen) atoms. The van der Waals surface area contributed by atoms with Gasteiger partial charge in [0.15, 0.2) is 0 Å². The molecule has 0 atom stereocenters. The Kier molecular flexibility index (Phi) is 5.22. The molecule has 1 saturated heterocycles. The number of carbonyl (C=O) groups is 2. The first-order chi connectivity index (χ1) is 12.4. The Morgan fingerprint density at radius 2 is 1.69 bits per heavy atom. The number of anilines is 1. The van der Waals surface area contributed by atoms with Crippen LogP contribution in [0.1, 0.15) is 10.4 Å². The quantitative estimate of drug-likeness (QED) is 0.839. The second kappa shape index (κ2) is 7.57. The Morgan fingerprint density at radius 3 is 2.31 bits per heavy atom. The Labute approximate surface area is 153 Å². The second-order valence-corrected chi connectivity index (χ2v) is 6.19. The van der Waals surface area contributed by atoms with E-state index in [9.17, 15) is 18.8 Å². The molecule has 1 aromatic carbocycles. The van der Waals surface area contributed by atoms with Crippen LogP contribution < -0.4 is 10.9 Å². The Balaban J connectivity index is 1.57. The van der Waals surface area contributed by atoms with Gasteiger partial charge in [-0.3, -0.25) is 9.59 Å². The van der Waals surface area contributed by atoms with Gasteiger partial charge in [0.2, 0.25) is 0 Å². The second-order valence-electron chi connectivity index (χ2n) is 5.78. The third-order valence-corrected chi connectivity index (χ3v) is 4.34. The fourth-order valence-electron chi connectivity index (χ4n) is 2.61. The zero-order valence-electron chi connectivity index (χ0n) is 13.7. The van der Waals surface area contributed by atoms with E-state index in [4.69, 9.17) is 11.6 Å². The average molecular weight is 379 g/mol. The van der Waals surface area contributed by atoms with Gasteiger partial charge in [0.25, 0.3) is 11.5 Å². The van der Waals surface area contributed by atoms with Crippen molar-refractivity contribution in [2.24, 2.45) is 0 Å². The van der Waals surface area contributed by atoms with Crippen molar-refractivity contribution in [3.05, 3.63) is 63.3 Å². The van der Waals surface area contributed by atoms with E-state index >= 15 is 0 Å². The summed E-state index contributed by atoms with van der Waals surface area (Å²) >= 11 is 5.75. The van der Waals surface area contributed by atoms with Gasteiger partial charge in [-0.15, -0.1) is 0 Å². The fraction of sp³-hybridized carbons (Fsp3) is 0.235. The van der Waals surface area contributed by atoms with E-state index in [1.165, 1.54) is 36.5 Å². The largest absolute Gasteiger partial charge is 0.335 e. The number of carbonyl (C=O) groups excluding carboxylic acids is 2. The van der Waals surface area contributed by atoms with Crippen LogP contribution in [-0.4, -0.2) is 52.9 Å². The maximum absolute atomic E-state index is 12.9. The van der Waals surface area contributed by atoms with Crippen molar-refractivity contribution < 1.29 is 14.0 Å². The molecule has 3 amide bonds. The van der Waals surface area contributed by atoms with Crippen LogP contribution in [0.3, 0.4) is 0 Å². The first kappa shape index (κ1) is 17.9. The third kappa shape index (κ3) is 4.02. The first-order valence-electron chi connectivity index (χ1n) is 7.93. The zero-order chi connectivity index (χ0) is 18.7. The summed E-state index contributed by atoms with van der Waals surface area (Å²) in [5.74, 6) is -0.640. The van der Waals surface area contributed by atoms with Gasteiger partial charge in [0, 0.05) is 38.1 Å². The number of piperazine rings is 1. The van der Waals surface area contributed by atoms with Crippen LogP contribution in [0.5, 0.6) is 0 Å². The predicted molar refractivity (Wildman–Crippen MR) is 95.0 cm³/mol. The summed E-state index contributed by atoms with van der Waals surface area (Å²) in [5.41, 5.74) is 0.335. The van der Waals surface area contributed by atoms with Crippen molar-refractivity contribution in [1.82, 2.24) is 14.8 Å². The molecule has 1 aromatic heterocycles. The number of pyridine rings is 1. The number of amides is 3. The molecule has 2 heterocycles. The molecule has 0 unspecified atom stereocenters. The lowest BCUT2D eigenvalue weighted by atomic mass is 10.2. The molecule has 1 fully saturated rings. The summed E-state index contributed by atoms with van der Waals surface area (Å²) in [7, 11) is 0. The lowest BCUT2D eigenvalue weighted by Gasteiger charge is -2.34. The standard InChI is InChI=1S/C17H16ClFN4O3/c18-14-9-11(10-20-15(14)24)16(25)22-5-7-23(8-6-22)17(26)21-13-3-1-12(19)2-4-13/h1-4,9-10H,5-8H2,(H,20,24)(H,21,26). The van der Waals surface area contributed by atoms with Crippen LogP contribution in [0.2, 0.25) is 5.02 Å². The topological polar surface area (TPSA) is 85.5 Å². The van der Waals surface area contributed by atoms with E-state index in [-0.39, 0.29) is 22.8 Å². The van der Waals surface area contributed by atoms with E-state index in [1.807, 2.05) is 0 Å². The van der Waals surface area contributed by atoms with Crippen LogP contribution in [0.4, 0.5) is 14.9 Å². The van der Waals surface area contributed by atoms with Gasteiger partial charge in [-0.05, 0) is 30.3 Å². The number of nitrogens with zero attached hydrogens (tertiary/aromatic N) is 2. The van der Waals surface area contributed by atoms with Crippen molar-refractivity contribution in [2.45, 2.75) is 0 Å². The number of urea groups is 1. The Bertz CT molecular complexity index is 876. The maximum atomic E-state index is 12.9. The molecule has 7 nitrogen and oxygen atoms in total. The van der Waals surface area contributed by atoms with E-state index in [2.05, 4.69) is 10.3 Å². The van der Waals surface area contributed by atoms with Crippen LogP contribution >= 0.6 is 11.6 Å². The summed E-state index contributed by atoms with van der Waals surface area (Å²) in [6, 6.07) is 6.51. The number of rotatable bonds is 2. The lowest BCUT2D eigenvalue weighted by molar-refractivity contribution is 0.0671. The van der Waals surface area contributed by atoms with Gasteiger partial charge in [-0.25, -0.2) is 9.18 Å². The first-order valence-corrected chi connectivity index (χ1v) is 8.31. The van der Waals surface area contributed by atoms with Gasteiger partial charge in [0.05, 0.1) is 5.56 Å². The number of hydrogen-bond acceptors (Lipinski definition) is 3. The van der Waals surface area contributed by atoms with Gasteiger partial charge in [-0.2, -0.15) is 0 Å². The smallest absolute Gasteiger partial charge is 0.321 e. The normalized spacial score (nSPS) is 14.2. The summed E-state index contributed by atoms with van der Waals surface area (Å²) in [4.78, 5) is 41.5. The molecule has 1 aliphatic heterocycles. The molecule has 3 rings (SSSR count). The van der Waals surface area contributed by atoms with Crippen LogP contribution in [0.15, 0.2) is 41.3 Å². The zero-order valence-corrected chi connectivity index (χ0v) is 14.4. The molecule has 0 saturated carbocycles. The highest BCUT2D eigenvalue weighted by atomic mass is 35.5. The van der Waals surface area contributed by atoms with Crippen molar-refractivity contribution in [3.63, 3.8) is 0 Å². The number of hydrogen-bond donors (Lipinski definition) is 2. The minimum Gasteiger partial charge on any atom is -0.335 e. The van der Waals surface area contributed by atoms with Gasteiger partial charge >= 0.3 is 6.03 Å². The average Bonchev–Trinajstić information content (AvgIpc) is 2.65. The summed E-state index contributed by atoms with van der Waals surface area (Å²) in [6.07, 6.45) is 1.32. The van der Waals surface area contributed by atoms with Crippen molar-refractivity contribution in [1.29, 1.82) is 0 Å². The molecule has 2 N–H and O–H groups in total. The number of halogens is 2. The number of aromatic amines is 1. The predicted octanol–water partition coefficient (Wildman–Crippen LogP) is 2.16. The van der Waals surface area contributed by atoms with E-state index in [1.54, 1.807) is 9.80 Å². The van der Waals surface area contributed by atoms with Gasteiger partial charge < -0.3 is 20.1 Å². The highest BCUT2D eigenvalue weighted by molar-refractivity contribution is 6.30. The minimum absolute atomic E-state index is 0.0480. The molecule has 0 aliphatic carbocycles. The molecular formula is C17H16ClFN4O3. The molecule has 0 radical (unpaired) electrons. The number of nitrogens with one attached hydrogen (secondary N) is 2. The van der Waals surface area contributed by atoms with Crippen LogP contribution in [0, 0.1) is 5.82 Å². The Morgan fingerprint density at radius 1 is 1.08 bits per heavy atom. The molecule has 0 bridgehead atoms. The monoisotopic (exact) mass is 378 g/mol. The lowest BCUT2D eigenvalue weighted by Crippen LogP contribution is -2.51. The number of benzene rings is 1. The van der Waals surface area contributed by atoms with Crippen molar-refractivity contribution in [3.8, 4) is 0 Å². The van der Waals surface area contributed by atoms with E-state index < -0.39 is 5.56 Å². The SMILES string of the molecule is O=C(Nc1ccc(F)cc1)N1CCN(C(=O)c2c[nH]c(=O)c(Cl)c2)CC1. The number of H-pyrrole nitrogens is 1. The highest BCUT2D eigenvalue weighted by Crippen LogP contribution is 2.13. The minimum atomic E-state index is -0.453. The van der Waals surface area contributed by atoms with E-state index in [0.717, 1.165) is 0 Å². The van der Waals surface area contributed by atoms with Crippen molar-refractivity contribution in [2.75, 3.05) is 31.5 Å². The summed E-state index contributed by atoms with van der Waals surface area (Å²) in [6.45, 7) is 1.42. The maximum Gasteiger partial charge on any atom is 0.321 e. The summed E-state index contributed by atoms with van der Waals surface area (Å²) < 4.78 is 12.9. The molecule has 2 aromatic rings. The molecule has 136 valence electrons. The van der Waals surface area contributed by atoms with Crippen LogP contribution in [-0.2, 0) is 0 Å². The molecule has 1 aliphatic rings. The van der Waals surface area contributed by atoms with E-state index in [0.29, 0.717) is 37.4 Å². The third-order valence-electron chi connectivity index (χ3n) is 4.05. The number of aromatic nitrogens is 1. The van der Waals surface area contributed by atoms with Crippen molar-refractivity contribution >= 4 is 29.2 Å². The van der Waals surface area contributed by atoms with Gasteiger partial charge in [0.1, 0.15) is 10.8 Å². The molecule has 9 heteroatoms.